The molecule has 0 aliphatic carbocycles. The first kappa shape index (κ1) is 18.7. The van der Waals surface area contributed by atoms with Crippen molar-refractivity contribution in [2.24, 2.45) is 11.7 Å². The van der Waals surface area contributed by atoms with Crippen LogP contribution >= 0.6 is 0 Å². The van der Waals surface area contributed by atoms with Crippen LogP contribution < -0.4 is 5.73 Å². The molecule has 1 amide bonds. The smallest absolute Gasteiger partial charge is 0.369 e. The number of nitrogens with zero attached hydrogens (tertiary/aromatic N) is 1. The zero-order valence-corrected chi connectivity index (χ0v) is 14.1. The van der Waals surface area contributed by atoms with E-state index >= 15 is 0 Å². The van der Waals surface area contributed by atoms with Gasteiger partial charge in [0.2, 0.25) is 15.9 Å². The molecule has 1 saturated heterocycles. The van der Waals surface area contributed by atoms with Crippen LogP contribution in [0.3, 0.4) is 0 Å². The van der Waals surface area contributed by atoms with Crippen LogP contribution in [0.2, 0.25) is 0 Å². The number of halogens is 3. The first-order chi connectivity index (χ1) is 10.9. The zero-order valence-electron chi connectivity index (χ0n) is 13.3. The average Bonchev–Trinajstić information content (AvgIpc) is 2.46. The second-order valence-electron chi connectivity index (χ2n) is 6.07. The monoisotopic (exact) mass is 364 g/mol. The lowest BCUT2D eigenvalue weighted by atomic mass is 9.95. The minimum absolute atomic E-state index is 0.0526. The molecule has 1 fully saturated rings. The van der Waals surface area contributed by atoms with Crippen LogP contribution in [0.15, 0.2) is 23.1 Å². The number of amides is 1. The molecule has 134 valence electrons. The normalized spacial score (nSPS) is 23.2. The van der Waals surface area contributed by atoms with Crippen LogP contribution in [-0.2, 0) is 21.0 Å². The zero-order chi connectivity index (χ0) is 18.3. The first-order valence-corrected chi connectivity index (χ1v) is 8.87. The van der Waals surface area contributed by atoms with E-state index in [0.29, 0.717) is 18.9 Å². The standard InChI is InChI=1S/C15H19F3N2O3S/c1-9-3-6-12(7-13(9)15(16,17)18)24(22,23)20-8-11(14(19)21)5-4-10(20)2/h3,6-7,10-11H,4-5,8H2,1-2H3,(H2,19,21)/t10-,11-/m1/s1. The SMILES string of the molecule is Cc1ccc(S(=O)(=O)N2C[C@H](C(N)=O)CC[C@H]2C)cc1C(F)(F)F. The fraction of sp³-hybridized carbons (Fsp3) is 0.533. The Kier molecular flexibility index (Phi) is 4.96. The topological polar surface area (TPSA) is 80.5 Å². The predicted octanol–water partition coefficient (Wildman–Crippen LogP) is 2.29. The van der Waals surface area contributed by atoms with Gasteiger partial charge in [0.25, 0.3) is 0 Å². The van der Waals surface area contributed by atoms with Crippen molar-refractivity contribution in [3.05, 3.63) is 29.3 Å². The number of carbonyl (C=O) groups excluding carboxylic acids is 1. The Balaban J connectivity index is 2.44. The van der Waals surface area contributed by atoms with Crippen molar-refractivity contribution in [1.29, 1.82) is 0 Å². The maximum Gasteiger partial charge on any atom is 0.416 e. The van der Waals surface area contributed by atoms with Crippen LogP contribution in [0, 0.1) is 12.8 Å². The highest BCUT2D eigenvalue weighted by atomic mass is 32.2. The second kappa shape index (κ2) is 6.36. The highest BCUT2D eigenvalue weighted by molar-refractivity contribution is 7.89. The van der Waals surface area contributed by atoms with Gasteiger partial charge in [-0.25, -0.2) is 8.42 Å². The van der Waals surface area contributed by atoms with Gasteiger partial charge in [-0.05, 0) is 44.4 Å². The van der Waals surface area contributed by atoms with E-state index < -0.39 is 44.5 Å². The summed E-state index contributed by atoms with van der Waals surface area (Å²) in [6, 6.07) is 2.52. The number of nitrogens with two attached hydrogens (primary N) is 1. The van der Waals surface area contributed by atoms with Crippen molar-refractivity contribution in [1.82, 2.24) is 4.31 Å². The van der Waals surface area contributed by atoms with E-state index in [9.17, 15) is 26.4 Å². The average molecular weight is 364 g/mol. The van der Waals surface area contributed by atoms with Gasteiger partial charge >= 0.3 is 6.18 Å². The number of piperidine rings is 1. The van der Waals surface area contributed by atoms with Crippen LogP contribution in [0.25, 0.3) is 0 Å². The molecule has 2 N–H and O–H groups in total. The van der Waals surface area contributed by atoms with Gasteiger partial charge in [0, 0.05) is 12.6 Å². The molecular formula is C15H19F3N2O3S. The number of sulfonamides is 1. The number of alkyl halides is 3. The van der Waals surface area contributed by atoms with Crippen molar-refractivity contribution < 1.29 is 26.4 Å². The van der Waals surface area contributed by atoms with E-state index in [1.165, 1.54) is 6.92 Å². The van der Waals surface area contributed by atoms with Gasteiger partial charge in [-0.3, -0.25) is 4.79 Å². The summed E-state index contributed by atoms with van der Waals surface area (Å²) in [5, 5.41) is 0. The Morgan fingerprint density at radius 2 is 1.92 bits per heavy atom. The van der Waals surface area contributed by atoms with E-state index in [4.69, 9.17) is 5.73 Å². The van der Waals surface area contributed by atoms with E-state index in [1.807, 2.05) is 0 Å². The van der Waals surface area contributed by atoms with E-state index in [2.05, 4.69) is 0 Å². The molecule has 9 heteroatoms. The van der Waals surface area contributed by atoms with Crippen molar-refractivity contribution in [2.75, 3.05) is 6.54 Å². The van der Waals surface area contributed by atoms with Crippen molar-refractivity contribution in [3.63, 3.8) is 0 Å². The maximum atomic E-state index is 13.0. The summed E-state index contributed by atoms with van der Waals surface area (Å²) in [5.41, 5.74) is 4.21. The molecule has 1 aliphatic rings. The molecule has 24 heavy (non-hydrogen) atoms. The molecule has 0 unspecified atom stereocenters. The molecule has 2 rings (SSSR count). The molecule has 1 aromatic carbocycles. The quantitative estimate of drug-likeness (QED) is 0.894. The highest BCUT2D eigenvalue weighted by Crippen LogP contribution is 2.35. The van der Waals surface area contributed by atoms with Gasteiger partial charge in [0.05, 0.1) is 16.4 Å². The van der Waals surface area contributed by atoms with Crippen LogP contribution in [0.4, 0.5) is 13.2 Å². The van der Waals surface area contributed by atoms with Gasteiger partial charge in [-0.15, -0.1) is 0 Å². The summed E-state index contributed by atoms with van der Waals surface area (Å²) >= 11 is 0. The Hall–Kier alpha value is -1.61. The molecule has 1 aliphatic heterocycles. The fourth-order valence-corrected chi connectivity index (χ4v) is 4.58. The van der Waals surface area contributed by atoms with Crippen LogP contribution in [-0.4, -0.2) is 31.2 Å². The number of rotatable bonds is 3. The number of primary amides is 1. The minimum Gasteiger partial charge on any atom is -0.369 e. The van der Waals surface area contributed by atoms with Gasteiger partial charge in [0.1, 0.15) is 0 Å². The highest BCUT2D eigenvalue weighted by Gasteiger charge is 2.39. The van der Waals surface area contributed by atoms with E-state index in [-0.39, 0.29) is 12.1 Å². The summed E-state index contributed by atoms with van der Waals surface area (Å²) < 4.78 is 65.7. The van der Waals surface area contributed by atoms with Gasteiger partial charge < -0.3 is 5.73 Å². The Bertz CT molecular complexity index is 747. The molecule has 2 atom stereocenters. The second-order valence-corrected chi connectivity index (χ2v) is 7.97. The molecule has 5 nitrogen and oxygen atoms in total. The lowest BCUT2D eigenvalue weighted by Gasteiger charge is -2.35. The summed E-state index contributed by atoms with van der Waals surface area (Å²) in [7, 11) is -4.15. The first-order valence-electron chi connectivity index (χ1n) is 7.43. The third-order valence-corrected chi connectivity index (χ3v) is 6.32. The summed E-state index contributed by atoms with van der Waals surface area (Å²) in [6.07, 6.45) is -3.76. The number of hydrogen-bond acceptors (Lipinski definition) is 3. The van der Waals surface area contributed by atoms with E-state index in [1.54, 1.807) is 6.92 Å². The molecule has 0 radical (unpaired) electrons. The number of carbonyl (C=O) groups is 1. The minimum atomic E-state index is -4.64. The lowest BCUT2D eigenvalue weighted by molar-refractivity contribution is -0.138. The fourth-order valence-electron chi connectivity index (χ4n) is 2.84. The van der Waals surface area contributed by atoms with Crippen molar-refractivity contribution in [2.45, 2.75) is 43.8 Å². The number of hydrogen-bond donors (Lipinski definition) is 1. The summed E-state index contributed by atoms with van der Waals surface area (Å²) in [4.78, 5) is 10.9. The van der Waals surface area contributed by atoms with Crippen molar-refractivity contribution >= 4 is 15.9 Å². The molecule has 0 saturated carbocycles. The van der Waals surface area contributed by atoms with Crippen molar-refractivity contribution in [3.8, 4) is 0 Å². The Morgan fingerprint density at radius 1 is 1.29 bits per heavy atom. The lowest BCUT2D eigenvalue weighted by Crippen LogP contribution is -2.48. The Morgan fingerprint density at radius 3 is 2.46 bits per heavy atom. The molecule has 0 spiro atoms. The van der Waals surface area contributed by atoms with E-state index in [0.717, 1.165) is 16.4 Å². The van der Waals surface area contributed by atoms with Crippen LogP contribution in [0.5, 0.6) is 0 Å². The largest absolute Gasteiger partial charge is 0.416 e. The third-order valence-electron chi connectivity index (χ3n) is 4.35. The summed E-state index contributed by atoms with van der Waals surface area (Å²) in [6.45, 7) is 2.81. The molecule has 1 aromatic rings. The Labute approximate surface area is 138 Å². The van der Waals surface area contributed by atoms with Gasteiger partial charge in [-0.2, -0.15) is 17.5 Å². The van der Waals surface area contributed by atoms with Gasteiger partial charge in [-0.1, -0.05) is 6.07 Å². The van der Waals surface area contributed by atoms with Gasteiger partial charge in [0.15, 0.2) is 0 Å². The number of aryl methyl sites for hydroxylation is 1. The molecule has 0 bridgehead atoms. The molecular weight excluding hydrogens is 345 g/mol. The predicted molar refractivity (Wildman–Crippen MR) is 81.5 cm³/mol. The van der Waals surface area contributed by atoms with Crippen LogP contribution in [0.1, 0.15) is 30.9 Å². The summed E-state index contributed by atoms with van der Waals surface area (Å²) in [5.74, 6) is -1.24. The maximum absolute atomic E-state index is 13.0. The number of benzene rings is 1. The molecule has 0 aromatic heterocycles. The third kappa shape index (κ3) is 3.56. The molecule has 1 heterocycles.